The van der Waals surface area contributed by atoms with Crippen molar-refractivity contribution in [3.63, 3.8) is 0 Å². The fourth-order valence-corrected chi connectivity index (χ4v) is 5.43. The minimum Gasteiger partial charge on any atom is -0.314 e. The molecule has 1 nitrogen and oxygen atoms in total. The number of rotatable bonds is 1. The molecular weight excluding hydrogens is 194 g/mol. The summed E-state index contributed by atoms with van der Waals surface area (Å²) in [5, 5.41) is 3.71. The Morgan fingerprint density at radius 3 is 2.00 bits per heavy atom. The van der Waals surface area contributed by atoms with Crippen LogP contribution >= 0.6 is 0 Å². The summed E-state index contributed by atoms with van der Waals surface area (Å²) >= 11 is 0. The molecule has 0 radical (unpaired) electrons. The zero-order valence-electron chi connectivity index (χ0n) is 11.4. The molecule has 0 spiro atoms. The molecule has 92 valence electrons. The monoisotopic (exact) mass is 221 g/mol. The first-order chi connectivity index (χ1) is 7.38. The van der Waals surface area contributed by atoms with Crippen molar-refractivity contribution in [1.29, 1.82) is 0 Å². The molecule has 0 amide bonds. The first kappa shape index (κ1) is 11.1. The molecule has 2 atom stereocenters. The second-order valence-corrected chi connectivity index (χ2v) is 8.02. The second-order valence-electron chi connectivity index (χ2n) is 8.02. The lowest BCUT2D eigenvalue weighted by molar-refractivity contribution is -0.132. The van der Waals surface area contributed by atoms with Crippen molar-refractivity contribution in [2.24, 2.45) is 22.7 Å². The molecule has 4 aliphatic rings. The minimum atomic E-state index is 0.493. The third-order valence-corrected chi connectivity index (χ3v) is 6.18. The Bertz CT molecular complexity index is 285. The van der Waals surface area contributed by atoms with Gasteiger partial charge in [0.1, 0.15) is 0 Å². The first-order valence-electron chi connectivity index (χ1n) is 7.07. The summed E-state index contributed by atoms with van der Waals surface area (Å²) in [6, 6.07) is 0. The van der Waals surface area contributed by atoms with Gasteiger partial charge < -0.3 is 5.32 Å². The molecule has 4 rings (SSSR count). The molecule has 2 unspecified atom stereocenters. The Kier molecular flexibility index (Phi) is 2.11. The van der Waals surface area contributed by atoms with E-state index in [1.807, 2.05) is 0 Å². The molecule has 4 saturated carbocycles. The number of hydrogen-bond donors (Lipinski definition) is 1. The Morgan fingerprint density at radius 2 is 1.56 bits per heavy atom. The van der Waals surface area contributed by atoms with Gasteiger partial charge >= 0.3 is 0 Å². The fourth-order valence-electron chi connectivity index (χ4n) is 5.43. The fraction of sp³-hybridized carbons (Fsp3) is 1.00. The largest absolute Gasteiger partial charge is 0.314 e. The van der Waals surface area contributed by atoms with E-state index in [1.54, 1.807) is 0 Å². The van der Waals surface area contributed by atoms with E-state index in [9.17, 15) is 0 Å². The van der Waals surface area contributed by atoms with E-state index >= 15 is 0 Å². The molecule has 1 N–H and O–H groups in total. The van der Waals surface area contributed by atoms with Crippen LogP contribution in [0.15, 0.2) is 0 Å². The van der Waals surface area contributed by atoms with E-state index in [2.05, 4.69) is 33.1 Å². The normalized spacial score (nSPS) is 51.0. The smallest absolute Gasteiger partial charge is 0.0189 e. The van der Waals surface area contributed by atoms with Gasteiger partial charge in [-0.25, -0.2) is 0 Å². The number of nitrogens with one attached hydrogen (secondary N) is 1. The lowest BCUT2D eigenvalue weighted by atomic mass is 9.41. The van der Waals surface area contributed by atoms with Gasteiger partial charge in [0, 0.05) is 5.54 Å². The van der Waals surface area contributed by atoms with E-state index in [4.69, 9.17) is 0 Å². The molecule has 4 aliphatic carbocycles. The van der Waals surface area contributed by atoms with Gasteiger partial charge in [0.15, 0.2) is 0 Å². The van der Waals surface area contributed by atoms with Gasteiger partial charge in [0.05, 0.1) is 0 Å². The van der Waals surface area contributed by atoms with Crippen LogP contribution in [0.5, 0.6) is 0 Å². The Hall–Kier alpha value is -0.0400. The standard InChI is InChI=1S/C15H27N/c1-13(2,3)14-6-11-5-12(7-14)9-15(8-11,10-14)16-4/h11-12,16H,5-10H2,1-4H3. The summed E-state index contributed by atoms with van der Waals surface area (Å²) < 4.78 is 0. The van der Waals surface area contributed by atoms with E-state index in [0.717, 1.165) is 11.8 Å². The van der Waals surface area contributed by atoms with Crippen LogP contribution in [0, 0.1) is 22.7 Å². The van der Waals surface area contributed by atoms with Gasteiger partial charge in [0.25, 0.3) is 0 Å². The molecule has 0 aliphatic heterocycles. The number of hydrogen-bond acceptors (Lipinski definition) is 1. The molecule has 0 heterocycles. The molecule has 4 bridgehead atoms. The lowest BCUT2D eigenvalue weighted by Gasteiger charge is -2.66. The summed E-state index contributed by atoms with van der Waals surface area (Å²) in [6.45, 7) is 7.43. The molecular formula is C15H27N. The topological polar surface area (TPSA) is 12.0 Å². The van der Waals surface area contributed by atoms with Crippen LogP contribution < -0.4 is 5.32 Å². The third-order valence-electron chi connectivity index (χ3n) is 6.18. The zero-order valence-corrected chi connectivity index (χ0v) is 11.4. The predicted octanol–water partition coefficient (Wildman–Crippen LogP) is 3.59. The maximum atomic E-state index is 3.71. The van der Waals surface area contributed by atoms with Gasteiger partial charge in [-0.2, -0.15) is 0 Å². The van der Waals surface area contributed by atoms with Crippen molar-refractivity contribution >= 4 is 0 Å². The average molecular weight is 221 g/mol. The van der Waals surface area contributed by atoms with Gasteiger partial charge in [-0.05, 0) is 68.2 Å². The Morgan fingerprint density at radius 1 is 1.00 bits per heavy atom. The molecule has 4 fully saturated rings. The van der Waals surface area contributed by atoms with Crippen LogP contribution in [-0.4, -0.2) is 12.6 Å². The van der Waals surface area contributed by atoms with Crippen LogP contribution in [0.3, 0.4) is 0 Å². The van der Waals surface area contributed by atoms with Gasteiger partial charge in [-0.3, -0.25) is 0 Å². The molecule has 1 heteroatoms. The highest BCUT2D eigenvalue weighted by molar-refractivity contribution is 5.14. The van der Waals surface area contributed by atoms with Crippen LogP contribution in [0.25, 0.3) is 0 Å². The van der Waals surface area contributed by atoms with Crippen LogP contribution in [0.4, 0.5) is 0 Å². The third kappa shape index (κ3) is 1.33. The van der Waals surface area contributed by atoms with Crippen LogP contribution in [-0.2, 0) is 0 Å². The SMILES string of the molecule is CNC12CC3CC(C1)CC(C(C)(C)C)(C3)C2. The highest BCUT2D eigenvalue weighted by atomic mass is 15.0. The predicted molar refractivity (Wildman–Crippen MR) is 68.4 cm³/mol. The molecule has 0 aromatic rings. The van der Waals surface area contributed by atoms with Crippen LogP contribution in [0.1, 0.15) is 59.3 Å². The van der Waals surface area contributed by atoms with Gasteiger partial charge in [0.2, 0.25) is 0 Å². The summed E-state index contributed by atoms with van der Waals surface area (Å²) in [7, 11) is 2.20. The highest BCUT2D eigenvalue weighted by Gasteiger charge is 2.60. The first-order valence-corrected chi connectivity index (χ1v) is 7.07. The summed E-state index contributed by atoms with van der Waals surface area (Å²) in [4.78, 5) is 0. The second kappa shape index (κ2) is 3.04. The Labute approximate surface area is 100 Å². The van der Waals surface area contributed by atoms with Gasteiger partial charge in [-0.1, -0.05) is 20.8 Å². The van der Waals surface area contributed by atoms with E-state index in [0.29, 0.717) is 16.4 Å². The highest BCUT2D eigenvalue weighted by Crippen LogP contribution is 2.66. The quantitative estimate of drug-likeness (QED) is 0.713. The van der Waals surface area contributed by atoms with Crippen molar-refractivity contribution in [3.05, 3.63) is 0 Å². The van der Waals surface area contributed by atoms with Crippen molar-refractivity contribution in [1.82, 2.24) is 5.32 Å². The van der Waals surface area contributed by atoms with E-state index in [1.165, 1.54) is 38.5 Å². The Balaban J connectivity index is 1.99. The van der Waals surface area contributed by atoms with Crippen molar-refractivity contribution in [2.45, 2.75) is 64.8 Å². The zero-order chi connectivity index (χ0) is 11.6. The van der Waals surface area contributed by atoms with E-state index in [-0.39, 0.29) is 0 Å². The molecule has 0 saturated heterocycles. The summed E-state index contributed by atoms with van der Waals surface area (Å²) in [5.74, 6) is 2.04. The lowest BCUT2D eigenvalue weighted by Crippen LogP contribution is -2.63. The van der Waals surface area contributed by atoms with E-state index < -0.39 is 0 Å². The summed E-state index contributed by atoms with van der Waals surface area (Å²) in [6.07, 6.45) is 8.90. The minimum absolute atomic E-state index is 0.493. The summed E-state index contributed by atoms with van der Waals surface area (Å²) in [5.41, 5.74) is 1.64. The molecule has 0 aromatic carbocycles. The van der Waals surface area contributed by atoms with Gasteiger partial charge in [-0.15, -0.1) is 0 Å². The van der Waals surface area contributed by atoms with Crippen molar-refractivity contribution in [2.75, 3.05) is 7.05 Å². The van der Waals surface area contributed by atoms with Crippen molar-refractivity contribution < 1.29 is 0 Å². The molecule has 16 heavy (non-hydrogen) atoms. The van der Waals surface area contributed by atoms with Crippen molar-refractivity contribution in [3.8, 4) is 0 Å². The maximum Gasteiger partial charge on any atom is 0.0189 e. The maximum absolute atomic E-state index is 3.71. The van der Waals surface area contributed by atoms with Crippen LogP contribution in [0.2, 0.25) is 0 Å². The average Bonchev–Trinajstić information content (AvgIpc) is 2.14. The molecule has 0 aromatic heterocycles.